The van der Waals surface area contributed by atoms with Crippen LogP contribution in [0.25, 0.3) is 0 Å². The third-order valence-corrected chi connectivity index (χ3v) is 14.7. The van der Waals surface area contributed by atoms with Gasteiger partial charge in [0.1, 0.15) is 13.2 Å². The lowest BCUT2D eigenvalue weighted by Gasteiger charge is -2.18. The number of esters is 3. The maximum Gasteiger partial charge on any atom is 0.306 e. The first kappa shape index (κ1) is 77.8. The molecule has 82 heavy (non-hydrogen) atoms. The van der Waals surface area contributed by atoms with Crippen LogP contribution in [0.15, 0.2) is 122 Å². The van der Waals surface area contributed by atoms with Gasteiger partial charge in [0, 0.05) is 19.3 Å². The summed E-state index contributed by atoms with van der Waals surface area (Å²) in [6, 6.07) is 0. The summed E-state index contributed by atoms with van der Waals surface area (Å²) in [5, 5.41) is 0. The smallest absolute Gasteiger partial charge is 0.306 e. The van der Waals surface area contributed by atoms with Gasteiger partial charge in [0.15, 0.2) is 6.10 Å². The van der Waals surface area contributed by atoms with Crippen molar-refractivity contribution in [2.45, 2.75) is 329 Å². The van der Waals surface area contributed by atoms with E-state index in [2.05, 4.69) is 142 Å². The summed E-state index contributed by atoms with van der Waals surface area (Å²) in [7, 11) is 0. The molecule has 0 aliphatic heterocycles. The third kappa shape index (κ3) is 66.6. The molecule has 6 heteroatoms. The molecule has 0 rings (SSSR count). The van der Waals surface area contributed by atoms with Crippen LogP contribution < -0.4 is 0 Å². The molecule has 0 aromatic rings. The largest absolute Gasteiger partial charge is 0.462 e. The van der Waals surface area contributed by atoms with Crippen molar-refractivity contribution >= 4 is 17.9 Å². The number of carbonyl (C=O) groups excluding carboxylic acids is 3. The predicted octanol–water partition coefficient (Wildman–Crippen LogP) is 23.9. The fraction of sp³-hybridized carbons (Fsp3) is 0.697. The molecule has 0 saturated heterocycles. The molecule has 0 fully saturated rings. The van der Waals surface area contributed by atoms with Crippen molar-refractivity contribution in [3.05, 3.63) is 122 Å². The van der Waals surface area contributed by atoms with Crippen LogP contribution in [0.5, 0.6) is 0 Å². The van der Waals surface area contributed by atoms with E-state index in [0.29, 0.717) is 19.3 Å². The molecule has 0 radical (unpaired) electrons. The second-order valence-corrected chi connectivity index (χ2v) is 22.7. The molecule has 0 N–H and O–H groups in total. The van der Waals surface area contributed by atoms with Crippen LogP contribution >= 0.6 is 0 Å². The van der Waals surface area contributed by atoms with Crippen LogP contribution in [0.3, 0.4) is 0 Å². The first-order valence-corrected chi connectivity index (χ1v) is 34.5. The minimum Gasteiger partial charge on any atom is -0.462 e. The lowest BCUT2D eigenvalue weighted by molar-refractivity contribution is -0.167. The van der Waals surface area contributed by atoms with Crippen molar-refractivity contribution in [2.75, 3.05) is 13.2 Å². The number of unbranched alkanes of at least 4 members (excludes halogenated alkanes) is 31. The molecule has 0 aliphatic carbocycles. The van der Waals surface area contributed by atoms with Crippen LogP contribution in [0.1, 0.15) is 323 Å². The van der Waals surface area contributed by atoms with Gasteiger partial charge in [-0.1, -0.05) is 316 Å². The zero-order valence-corrected chi connectivity index (χ0v) is 53.7. The molecule has 0 saturated carbocycles. The van der Waals surface area contributed by atoms with Crippen LogP contribution in [0.4, 0.5) is 0 Å². The van der Waals surface area contributed by atoms with Crippen LogP contribution in [0, 0.1) is 0 Å². The summed E-state index contributed by atoms with van der Waals surface area (Å²) < 4.78 is 16.9. The lowest BCUT2D eigenvalue weighted by Crippen LogP contribution is -2.30. The summed E-state index contributed by atoms with van der Waals surface area (Å²) in [4.78, 5) is 38.2. The molecule has 0 aromatic heterocycles. The van der Waals surface area contributed by atoms with E-state index in [1.807, 2.05) is 0 Å². The summed E-state index contributed by atoms with van der Waals surface area (Å²) in [5.41, 5.74) is 0. The van der Waals surface area contributed by atoms with Gasteiger partial charge in [-0.2, -0.15) is 0 Å². The highest BCUT2D eigenvalue weighted by molar-refractivity contribution is 5.71. The van der Waals surface area contributed by atoms with Gasteiger partial charge in [0.2, 0.25) is 0 Å². The Balaban J connectivity index is 4.15. The normalized spacial score (nSPS) is 12.9. The Bertz CT molecular complexity index is 1690. The van der Waals surface area contributed by atoms with E-state index in [-0.39, 0.29) is 31.1 Å². The number of rotatable bonds is 62. The van der Waals surface area contributed by atoms with Gasteiger partial charge in [-0.15, -0.1) is 0 Å². The van der Waals surface area contributed by atoms with Crippen LogP contribution in [-0.4, -0.2) is 37.2 Å². The van der Waals surface area contributed by atoms with Gasteiger partial charge in [-0.05, 0) is 109 Å². The summed E-state index contributed by atoms with van der Waals surface area (Å²) in [5.74, 6) is -0.878. The molecule has 0 aromatic carbocycles. The second kappa shape index (κ2) is 69.3. The average molecular weight is 1140 g/mol. The van der Waals surface area contributed by atoms with E-state index < -0.39 is 6.10 Å². The molecule has 1 atom stereocenters. The van der Waals surface area contributed by atoms with Gasteiger partial charge >= 0.3 is 17.9 Å². The van der Waals surface area contributed by atoms with Gasteiger partial charge in [0.25, 0.3) is 0 Å². The van der Waals surface area contributed by atoms with Gasteiger partial charge in [-0.3, -0.25) is 14.4 Å². The van der Waals surface area contributed by atoms with Crippen molar-refractivity contribution in [2.24, 2.45) is 0 Å². The zero-order chi connectivity index (χ0) is 59.2. The Hall–Kier alpha value is -4.19. The van der Waals surface area contributed by atoms with E-state index >= 15 is 0 Å². The monoisotopic (exact) mass is 1140 g/mol. The molecule has 0 aliphatic rings. The topological polar surface area (TPSA) is 78.9 Å². The maximum atomic E-state index is 12.9. The molecule has 6 nitrogen and oxygen atoms in total. The number of hydrogen-bond donors (Lipinski definition) is 0. The summed E-state index contributed by atoms with van der Waals surface area (Å²) in [6.07, 6.45) is 96.7. The predicted molar refractivity (Wildman–Crippen MR) is 357 cm³/mol. The fourth-order valence-electron chi connectivity index (χ4n) is 9.62. The van der Waals surface area contributed by atoms with Crippen LogP contribution in [-0.2, 0) is 28.6 Å². The Morgan fingerprint density at radius 1 is 0.256 bits per heavy atom. The minimum absolute atomic E-state index is 0.0778. The molecule has 0 heterocycles. The Labute approximate surface area is 507 Å². The molecule has 0 amide bonds. The Kier molecular flexibility index (Phi) is 65.8. The molecule has 468 valence electrons. The SMILES string of the molecule is CC/C=C\C/C=C\C/C=C\C/C=C\C/C=C\C/C=C\CCCCCCCCCCCCC(=O)OCC(COC(=O)CCCCCCCCCC)OC(=O)CCCCCCCCCCCCCCCC/C=C\C/C=C\C/C=C\C/C=C\CC. The summed E-state index contributed by atoms with van der Waals surface area (Å²) in [6.45, 7) is 6.41. The lowest BCUT2D eigenvalue weighted by atomic mass is 10.0. The zero-order valence-electron chi connectivity index (χ0n) is 53.7. The fourth-order valence-corrected chi connectivity index (χ4v) is 9.62. The van der Waals surface area contributed by atoms with Crippen molar-refractivity contribution in [1.29, 1.82) is 0 Å². The highest BCUT2D eigenvalue weighted by Gasteiger charge is 2.19. The molecule has 0 spiro atoms. The van der Waals surface area contributed by atoms with Crippen molar-refractivity contribution < 1.29 is 28.6 Å². The number of allylic oxidation sites excluding steroid dienone is 20. The molecule has 1 unspecified atom stereocenters. The Morgan fingerprint density at radius 2 is 0.476 bits per heavy atom. The van der Waals surface area contributed by atoms with Gasteiger partial charge in [-0.25, -0.2) is 0 Å². The van der Waals surface area contributed by atoms with Crippen LogP contribution in [0.2, 0.25) is 0 Å². The maximum absolute atomic E-state index is 12.9. The first-order valence-electron chi connectivity index (χ1n) is 34.5. The van der Waals surface area contributed by atoms with Crippen molar-refractivity contribution in [3.63, 3.8) is 0 Å². The highest BCUT2D eigenvalue weighted by Crippen LogP contribution is 2.17. The van der Waals surface area contributed by atoms with E-state index in [1.54, 1.807) is 0 Å². The van der Waals surface area contributed by atoms with Crippen molar-refractivity contribution in [3.8, 4) is 0 Å². The highest BCUT2D eigenvalue weighted by atomic mass is 16.6. The van der Waals surface area contributed by atoms with Gasteiger partial charge in [0.05, 0.1) is 0 Å². The quantitative estimate of drug-likeness (QED) is 0.0261. The Morgan fingerprint density at radius 3 is 0.744 bits per heavy atom. The molecule has 0 bridgehead atoms. The standard InChI is InChI=1S/C76H128O6/c1-4-7-10-13-16-19-21-23-25-27-29-31-33-35-37-38-40-41-43-45-47-49-51-53-55-57-60-63-66-69-75(78)81-72-73(71-80-74(77)68-65-62-59-18-15-12-9-6-3)82-76(79)70-67-64-61-58-56-54-52-50-48-46-44-42-39-36-34-32-30-28-26-24-22-20-17-14-11-8-5-2/h7-8,10-11,16-17,19-20,23-26,29-32,35,37,40-41,73H,4-6,9,12-15,18,21-22,27-28,33-34,36,38-39,42-72H2,1-3H3/b10-7-,11-8-,19-16-,20-17-,25-23-,26-24-,31-29-,32-30-,37-35-,41-40-. The summed E-state index contributed by atoms with van der Waals surface area (Å²) >= 11 is 0. The average Bonchev–Trinajstić information content (AvgIpc) is 3.47. The van der Waals surface area contributed by atoms with E-state index in [4.69, 9.17) is 14.2 Å². The number of ether oxygens (including phenoxy) is 3. The molecular weight excluding hydrogens is 1010 g/mol. The van der Waals surface area contributed by atoms with Crippen molar-refractivity contribution in [1.82, 2.24) is 0 Å². The third-order valence-electron chi connectivity index (χ3n) is 14.7. The minimum atomic E-state index is -0.780. The molecular formula is C76H128O6. The number of carbonyl (C=O) groups is 3. The van der Waals surface area contributed by atoms with E-state index in [1.165, 1.54) is 161 Å². The van der Waals surface area contributed by atoms with Gasteiger partial charge < -0.3 is 14.2 Å². The van der Waals surface area contributed by atoms with E-state index in [9.17, 15) is 14.4 Å². The first-order chi connectivity index (χ1) is 40.5. The number of hydrogen-bond acceptors (Lipinski definition) is 6. The second-order valence-electron chi connectivity index (χ2n) is 22.7. The van der Waals surface area contributed by atoms with E-state index in [0.717, 1.165) is 122 Å².